The highest BCUT2D eigenvalue weighted by atomic mass is 32.2. The lowest BCUT2D eigenvalue weighted by molar-refractivity contribution is -0.0630. The third kappa shape index (κ3) is 2.33. The Bertz CT molecular complexity index is 207. The number of hydrogen-bond donors (Lipinski definition) is 1. The van der Waals surface area contributed by atoms with Gasteiger partial charge in [-0.25, -0.2) is 0 Å². The van der Waals surface area contributed by atoms with Crippen molar-refractivity contribution in [1.82, 2.24) is 4.90 Å². The summed E-state index contributed by atoms with van der Waals surface area (Å²) in [4.78, 5) is 2.59. The first-order valence-electron chi connectivity index (χ1n) is 5.95. The predicted molar refractivity (Wildman–Crippen MR) is 65.3 cm³/mol. The van der Waals surface area contributed by atoms with Crippen LogP contribution in [0, 0.1) is 0 Å². The molecule has 2 heterocycles. The maximum absolute atomic E-state index is 5.99. The predicted octanol–water partition coefficient (Wildman–Crippen LogP) is 0.932. The third-order valence-corrected chi connectivity index (χ3v) is 4.96. The first kappa shape index (κ1) is 11.7. The van der Waals surface area contributed by atoms with Gasteiger partial charge in [0.2, 0.25) is 0 Å². The summed E-state index contributed by atoms with van der Waals surface area (Å²) >= 11 is 2.05. The van der Waals surface area contributed by atoms with Gasteiger partial charge in [0.05, 0.1) is 12.7 Å². The van der Waals surface area contributed by atoms with E-state index in [0.29, 0.717) is 6.10 Å². The Morgan fingerprint density at radius 1 is 1.60 bits per heavy atom. The molecular formula is C11H22N2OS. The van der Waals surface area contributed by atoms with Crippen LogP contribution in [0.4, 0.5) is 0 Å². The van der Waals surface area contributed by atoms with Gasteiger partial charge in [0.25, 0.3) is 0 Å². The van der Waals surface area contributed by atoms with Crippen LogP contribution in [0.1, 0.15) is 19.8 Å². The lowest BCUT2D eigenvalue weighted by atomic mass is 9.95. The van der Waals surface area contributed by atoms with Crippen molar-refractivity contribution in [3.8, 4) is 0 Å². The van der Waals surface area contributed by atoms with Crippen LogP contribution >= 0.6 is 11.8 Å². The zero-order chi connectivity index (χ0) is 10.7. The molecule has 0 aromatic carbocycles. The second-order valence-corrected chi connectivity index (χ2v) is 5.68. The van der Waals surface area contributed by atoms with Gasteiger partial charge in [0.1, 0.15) is 0 Å². The van der Waals surface area contributed by atoms with Gasteiger partial charge in [-0.05, 0) is 18.6 Å². The number of thioether (sulfide) groups is 1. The molecule has 3 nitrogen and oxygen atoms in total. The second kappa shape index (κ2) is 5.04. The normalized spacial score (nSPS) is 38.4. The molecule has 15 heavy (non-hydrogen) atoms. The Labute approximate surface area is 96.7 Å². The molecule has 0 aromatic heterocycles. The zero-order valence-corrected chi connectivity index (χ0v) is 10.4. The summed E-state index contributed by atoms with van der Waals surface area (Å²) in [7, 11) is 0. The quantitative estimate of drug-likeness (QED) is 0.783. The monoisotopic (exact) mass is 230 g/mol. The maximum atomic E-state index is 5.99. The highest BCUT2D eigenvalue weighted by Gasteiger charge is 2.40. The van der Waals surface area contributed by atoms with E-state index >= 15 is 0 Å². The molecule has 2 N–H and O–H groups in total. The van der Waals surface area contributed by atoms with Crippen molar-refractivity contribution in [2.75, 3.05) is 37.7 Å². The van der Waals surface area contributed by atoms with E-state index in [2.05, 4.69) is 11.8 Å². The molecule has 0 saturated carbocycles. The highest BCUT2D eigenvalue weighted by Crippen LogP contribution is 2.33. The van der Waals surface area contributed by atoms with Gasteiger partial charge < -0.3 is 10.5 Å². The van der Waals surface area contributed by atoms with Crippen LogP contribution in [0.3, 0.4) is 0 Å². The molecule has 2 atom stereocenters. The summed E-state index contributed by atoms with van der Waals surface area (Å²) in [6.45, 7) is 6.02. The minimum absolute atomic E-state index is 0.280. The summed E-state index contributed by atoms with van der Waals surface area (Å²) in [5.41, 5.74) is 6.27. The van der Waals surface area contributed by atoms with Crippen LogP contribution in [0.25, 0.3) is 0 Å². The van der Waals surface area contributed by atoms with Crippen LogP contribution < -0.4 is 5.73 Å². The largest absolute Gasteiger partial charge is 0.376 e. The van der Waals surface area contributed by atoms with E-state index in [1.807, 2.05) is 11.8 Å². The summed E-state index contributed by atoms with van der Waals surface area (Å²) in [6.07, 6.45) is 2.79. The van der Waals surface area contributed by atoms with Gasteiger partial charge in [-0.2, -0.15) is 11.8 Å². The summed E-state index contributed by atoms with van der Waals surface area (Å²) in [6, 6.07) is 0. The van der Waals surface area contributed by atoms with E-state index in [1.165, 1.54) is 17.9 Å². The molecule has 2 rings (SSSR count). The molecule has 0 bridgehead atoms. The number of rotatable bonds is 3. The molecule has 0 spiro atoms. The molecule has 2 aliphatic heterocycles. The van der Waals surface area contributed by atoms with Gasteiger partial charge in [0.15, 0.2) is 0 Å². The van der Waals surface area contributed by atoms with Gasteiger partial charge in [0, 0.05) is 30.9 Å². The second-order valence-electron chi connectivity index (χ2n) is 4.58. The van der Waals surface area contributed by atoms with E-state index in [9.17, 15) is 0 Å². The molecule has 0 amide bonds. The summed E-state index contributed by atoms with van der Waals surface area (Å²) < 4.78 is 5.72. The minimum atomic E-state index is 0.280. The molecule has 2 unspecified atom stereocenters. The van der Waals surface area contributed by atoms with Crippen molar-refractivity contribution in [3.05, 3.63) is 0 Å². The first-order valence-corrected chi connectivity index (χ1v) is 7.11. The average Bonchev–Trinajstić information content (AvgIpc) is 2.79. The Hall–Kier alpha value is 0.230. The molecule has 0 radical (unpaired) electrons. The van der Waals surface area contributed by atoms with Gasteiger partial charge >= 0.3 is 0 Å². The molecule has 2 fully saturated rings. The third-order valence-electron chi connectivity index (χ3n) is 3.73. The fourth-order valence-corrected chi connectivity index (χ4v) is 4.03. The number of hydrogen-bond acceptors (Lipinski definition) is 4. The highest BCUT2D eigenvalue weighted by molar-refractivity contribution is 7.99. The van der Waals surface area contributed by atoms with Crippen molar-refractivity contribution >= 4 is 11.8 Å². The van der Waals surface area contributed by atoms with Crippen LogP contribution in [-0.2, 0) is 4.74 Å². The van der Waals surface area contributed by atoms with E-state index in [-0.39, 0.29) is 5.54 Å². The summed E-state index contributed by atoms with van der Waals surface area (Å²) in [5, 5.41) is 0. The molecule has 0 aliphatic carbocycles. The standard InChI is InChI=1S/C11H22N2OS/c1-2-10-7-13(4-5-14-10)11(8-12)3-6-15-9-11/h10H,2-9,12H2,1H3. The van der Waals surface area contributed by atoms with Crippen molar-refractivity contribution in [2.24, 2.45) is 5.73 Å². The summed E-state index contributed by atoms with van der Waals surface area (Å²) in [5.74, 6) is 2.48. The van der Waals surface area contributed by atoms with E-state index in [4.69, 9.17) is 10.5 Å². The Morgan fingerprint density at radius 3 is 3.07 bits per heavy atom. The van der Waals surface area contributed by atoms with Crippen molar-refractivity contribution in [3.63, 3.8) is 0 Å². The first-order chi connectivity index (χ1) is 7.30. The Balaban J connectivity index is 2.01. The number of nitrogens with two attached hydrogens (primary N) is 1. The van der Waals surface area contributed by atoms with E-state index < -0.39 is 0 Å². The van der Waals surface area contributed by atoms with Crippen LogP contribution in [-0.4, -0.2) is 54.3 Å². The molecule has 0 aromatic rings. The zero-order valence-electron chi connectivity index (χ0n) is 9.58. The van der Waals surface area contributed by atoms with Gasteiger partial charge in [-0.1, -0.05) is 6.92 Å². The van der Waals surface area contributed by atoms with Crippen LogP contribution in [0.15, 0.2) is 0 Å². The lowest BCUT2D eigenvalue weighted by Crippen LogP contribution is -2.59. The van der Waals surface area contributed by atoms with E-state index in [1.54, 1.807) is 0 Å². The van der Waals surface area contributed by atoms with Gasteiger partial charge in [-0.3, -0.25) is 4.90 Å². The molecular weight excluding hydrogens is 208 g/mol. The van der Waals surface area contributed by atoms with Crippen molar-refractivity contribution in [2.45, 2.75) is 31.4 Å². The fraction of sp³-hybridized carbons (Fsp3) is 1.00. The Kier molecular flexibility index (Phi) is 3.93. The SMILES string of the molecule is CCC1CN(C2(CN)CCSC2)CCO1. The molecule has 2 saturated heterocycles. The van der Waals surface area contributed by atoms with Crippen molar-refractivity contribution in [1.29, 1.82) is 0 Å². The lowest BCUT2D eigenvalue weighted by Gasteiger charge is -2.44. The minimum Gasteiger partial charge on any atom is -0.376 e. The molecule has 4 heteroatoms. The number of morpholine rings is 1. The number of nitrogens with zero attached hydrogens (tertiary/aromatic N) is 1. The van der Waals surface area contributed by atoms with Gasteiger partial charge in [-0.15, -0.1) is 0 Å². The maximum Gasteiger partial charge on any atom is 0.0700 e. The fourth-order valence-electron chi connectivity index (χ4n) is 2.53. The molecule has 88 valence electrons. The number of ether oxygens (including phenoxy) is 1. The molecule has 2 aliphatic rings. The van der Waals surface area contributed by atoms with Crippen LogP contribution in [0.2, 0.25) is 0 Å². The topological polar surface area (TPSA) is 38.5 Å². The average molecular weight is 230 g/mol. The van der Waals surface area contributed by atoms with Crippen molar-refractivity contribution < 1.29 is 4.74 Å². The Morgan fingerprint density at radius 2 is 2.47 bits per heavy atom. The van der Waals surface area contributed by atoms with Crippen LogP contribution in [0.5, 0.6) is 0 Å². The van der Waals surface area contributed by atoms with E-state index in [0.717, 1.165) is 32.7 Å². The smallest absolute Gasteiger partial charge is 0.0700 e.